The summed E-state index contributed by atoms with van der Waals surface area (Å²) in [6.45, 7) is 11.0. The first-order chi connectivity index (χ1) is 13.1. The van der Waals surface area contributed by atoms with E-state index in [0.29, 0.717) is 18.9 Å². The maximum atomic E-state index is 12.8. The van der Waals surface area contributed by atoms with Crippen LogP contribution in [0.5, 0.6) is 0 Å². The van der Waals surface area contributed by atoms with Crippen LogP contribution >= 0.6 is 11.3 Å². The van der Waals surface area contributed by atoms with Gasteiger partial charge in [0.1, 0.15) is 15.7 Å². The minimum Gasteiger partial charge on any atom is -0.361 e. The van der Waals surface area contributed by atoms with Crippen LogP contribution in [-0.4, -0.2) is 60.8 Å². The van der Waals surface area contributed by atoms with Gasteiger partial charge in [0.25, 0.3) is 0 Å². The van der Waals surface area contributed by atoms with Crippen LogP contribution in [0.1, 0.15) is 44.4 Å². The molecule has 1 fully saturated rings. The normalized spacial score (nSPS) is 18.2. The number of likely N-dealkylation sites (N-methyl/N-ethyl adjacent to an activating group) is 1. The molecule has 0 spiro atoms. The van der Waals surface area contributed by atoms with Gasteiger partial charge in [0.05, 0.1) is 11.7 Å². The molecule has 3 heterocycles. The molecule has 0 aliphatic carbocycles. The minimum absolute atomic E-state index is 0.00584. The fourth-order valence-corrected chi connectivity index (χ4v) is 5.33. The van der Waals surface area contributed by atoms with Gasteiger partial charge in [0.2, 0.25) is 10.0 Å². The summed E-state index contributed by atoms with van der Waals surface area (Å²) in [5.74, 6) is 0.636. The van der Waals surface area contributed by atoms with Gasteiger partial charge in [-0.15, -0.1) is 11.3 Å². The number of piperazine rings is 1. The lowest BCUT2D eigenvalue weighted by atomic mass is 9.93. The quantitative estimate of drug-likeness (QED) is 0.797. The second-order valence-corrected chi connectivity index (χ2v) is 11.1. The van der Waals surface area contributed by atoms with Gasteiger partial charge in [0.15, 0.2) is 0 Å². The maximum Gasteiger partial charge on any atom is 0.244 e. The fourth-order valence-electron chi connectivity index (χ4n) is 2.91. The Balaban J connectivity index is 1.68. The molecule has 1 aliphatic rings. The van der Waals surface area contributed by atoms with E-state index in [2.05, 4.69) is 41.4 Å². The first-order valence-corrected chi connectivity index (χ1v) is 11.8. The van der Waals surface area contributed by atoms with Crippen molar-refractivity contribution >= 4 is 27.2 Å². The number of nitrogens with one attached hydrogen (secondary N) is 1. The lowest BCUT2D eigenvalue weighted by Gasteiger charge is -2.31. The smallest absolute Gasteiger partial charge is 0.244 e. The maximum absolute atomic E-state index is 12.8. The third kappa shape index (κ3) is 4.71. The van der Waals surface area contributed by atoms with Crippen LogP contribution < -0.4 is 5.32 Å². The van der Waals surface area contributed by atoms with Crippen molar-refractivity contribution in [3.63, 3.8) is 0 Å². The summed E-state index contributed by atoms with van der Waals surface area (Å²) in [6, 6.07) is 3.34. The Morgan fingerprint density at radius 1 is 1.18 bits per heavy atom. The minimum atomic E-state index is -3.49. The Morgan fingerprint density at radius 3 is 2.39 bits per heavy atom. The Hall–Kier alpha value is -1.55. The summed E-state index contributed by atoms with van der Waals surface area (Å²) in [5, 5.41) is 6.39. The van der Waals surface area contributed by atoms with Gasteiger partial charge in [-0.05, 0) is 26.1 Å². The van der Waals surface area contributed by atoms with Gasteiger partial charge >= 0.3 is 0 Å². The average molecular weight is 424 g/mol. The number of anilines is 1. The van der Waals surface area contributed by atoms with Crippen molar-refractivity contribution in [1.82, 2.24) is 19.2 Å². The number of pyridine rings is 1. The Labute approximate surface area is 171 Å². The molecular formula is C19H29N5O2S2. The van der Waals surface area contributed by atoms with Gasteiger partial charge in [-0.2, -0.15) is 4.31 Å². The van der Waals surface area contributed by atoms with Gasteiger partial charge in [0, 0.05) is 43.2 Å². The molecule has 0 bridgehead atoms. The van der Waals surface area contributed by atoms with E-state index in [1.165, 1.54) is 10.5 Å². The highest BCUT2D eigenvalue weighted by molar-refractivity contribution is 7.89. The Bertz CT molecular complexity index is 895. The molecule has 154 valence electrons. The van der Waals surface area contributed by atoms with Crippen molar-refractivity contribution in [2.24, 2.45) is 0 Å². The highest BCUT2D eigenvalue weighted by Gasteiger charge is 2.27. The summed E-state index contributed by atoms with van der Waals surface area (Å²) in [4.78, 5) is 11.4. The number of thiazole rings is 1. The monoisotopic (exact) mass is 423 g/mol. The van der Waals surface area contributed by atoms with Crippen molar-refractivity contribution in [3.05, 3.63) is 34.4 Å². The van der Waals surface area contributed by atoms with E-state index >= 15 is 0 Å². The molecule has 9 heteroatoms. The number of aromatic nitrogens is 2. The van der Waals surface area contributed by atoms with Gasteiger partial charge in [-0.3, -0.25) is 0 Å². The van der Waals surface area contributed by atoms with E-state index in [1.807, 2.05) is 14.0 Å². The second kappa shape index (κ2) is 8.06. The van der Waals surface area contributed by atoms with E-state index in [0.717, 1.165) is 23.8 Å². The summed E-state index contributed by atoms with van der Waals surface area (Å²) < 4.78 is 27.1. The van der Waals surface area contributed by atoms with Gasteiger partial charge in [-0.1, -0.05) is 20.8 Å². The lowest BCUT2D eigenvalue weighted by molar-refractivity contribution is 0.222. The molecule has 2 aromatic rings. The highest BCUT2D eigenvalue weighted by Crippen LogP contribution is 2.28. The first-order valence-electron chi connectivity index (χ1n) is 9.44. The van der Waals surface area contributed by atoms with Crippen LogP contribution in [0.2, 0.25) is 0 Å². The molecule has 2 aromatic heterocycles. The topological polar surface area (TPSA) is 78.4 Å². The summed E-state index contributed by atoms with van der Waals surface area (Å²) in [6.07, 6.45) is 1.44. The molecule has 3 rings (SSSR count). The number of hydrogen-bond donors (Lipinski definition) is 1. The summed E-state index contributed by atoms with van der Waals surface area (Å²) in [5.41, 5.74) is 1.09. The largest absolute Gasteiger partial charge is 0.361 e. The molecule has 7 nitrogen and oxygen atoms in total. The highest BCUT2D eigenvalue weighted by atomic mass is 32.2. The predicted molar refractivity (Wildman–Crippen MR) is 113 cm³/mol. The van der Waals surface area contributed by atoms with Gasteiger partial charge in [-0.25, -0.2) is 18.4 Å². The molecule has 0 amide bonds. The third-order valence-corrected chi connectivity index (χ3v) is 7.77. The molecule has 1 atom stereocenters. The zero-order valence-corrected chi connectivity index (χ0v) is 18.8. The van der Waals surface area contributed by atoms with E-state index < -0.39 is 10.0 Å². The average Bonchev–Trinajstić information content (AvgIpc) is 3.13. The third-order valence-electron chi connectivity index (χ3n) is 4.86. The van der Waals surface area contributed by atoms with Crippen molar-refractivity contribution in [2.45, 2.75) is 44.0 Å². The molecule has 0 saturated carbocycles. The molecule has 1 aliphatic heterocycles. The zero-order valence-electron chi connectivity index (χ0n) is 17.1. The molecule has 1 saturated heterocycles. The summed E-state index contributed by atoms with van der Waals surface area (Å²) >= 11 is 1.62. The molecule has 0 aromatic carbocycles. The van der Waals surface area contributed by atoms with E-state index in [1.54, 1.807) is 23.5 Å². The predicted octanol–water partition coefficient (Wildman–Crippen LogP) is 2.94. The second-order valence-electron chi connectivity index (χ2n) is 8.27. The van der Waals surface area contributed by atoms with Crippen LogP contribution in [0.3, 0.4) is 0 Å². The zero-order chi connectivity index (χ0) is 20.5. The van der Waals surface area contributed by atoms with Crippen molar-refractivity contribution in [3.8, 4) is 0 Å². The number of rotatable bonds is 5. The van der Waals surface area contributed by atoms with Crippen molar-refractivity contribution in [2.75, 3.05) is 38.5 Å². The fraction of sp³-hybridized carbons (Fsp3) is 0.579. The SMILES string of the molecule is CC(Nc1ccc(S(=O)(=O)N2CCN(C)CC2)cn1)c1nc(C(C)(C)C)cs1. The number of sulfonamides is 1. The van der Waals surface area contributed by atoms with Gasteiger partial charge < -0.3 is 10.2 Å². The standard InChI is InChI=1S/C19H29N5O2S2/c1-14(18-22-16(13-27-18)19(2,3)4)21-17-7-6-15(12-20-17)28(25,26)24-10-8-23(5)9-11-24/h6-7,12-14H,8-11H2,1-5H3,(H,20,21). The van der Waals surface area contributed by atoms with E-state index in [9.17, 15) is 8.42 Å². The van der Waals surface area contributed by atoms with Crippen molar-refractivity contribution in [1.29, 1.82) is 0 Å². The number of hydrogen-bond acceptors (Lipinski definition) is 7. The van der Waals surface area contributed by atoms with Crippen LogP contribution in [0, 0.1) is 0 Å². The Morgan fingerprint density at radius 2 is 1.86 bits per heavy atom. The lowest BCUT2D eigenvalue weighted by Crippen LogP contribution is -2.47. The molecular weight excluding hydrogens is 394 g/mol. The summed E-state index contributed by atoms with van der Waals surface area (Å²) in [7, 11) is -1.49. The number of nitrogens with zero attached hydrogens (tertiary/aromatic N) is 4. The molecule has 1 N–H and O–H groups in total. The van der Waals surface area contributed by atoms with Crippen molar-refractivity contribution < 1.29 is 8.42 Å². The molecule has 1 unspecified atom stereocenters. The van der Waals surface area contributed by atoms with Crippen LogP contribution in [0.15, 0.2) is 28.6 Å². The molecule has 28 heavy (non-hydrogen) atoms. The van der Waals surface area contributed by atoms with Crippen LogP contribution in [-0.2, 0) is 15.4 Å². The molecule has 0 radical (unpaired) electrons. The van der Waals surface area contributed by atoms with E-state index in [-0.39, 0.29) is 16.4 Å². The first kappa shape index (κ1) is 21.2. The van der Waals surface area contributed by atoms with E-state index in [4.69, 9.17) is 4.98 Å². The Kier molecular flexibility index (Phi) is 6.09. The van der Waals surface area contributed by atoms with Crippen LogP contribution in [0.25, 0.3) is 0 Å². The van der Waals surface area contributed by atoms with Crippen LogP contribution in [0.4, 0.5) is 5.82 Å².